The van der Waals surface area contributed by atoms with E-state index in [1.54, 1.807) is 6.07 Å². The predicted molar refractivity (Wildman–Crippen MR) is 102 cm³/mol. The van der Waals surface area contributed by atoms with Crippen LogP contribution in [0.3, 0.4) is 0 Å². The third-order valence-electron chi connectivity index (χ3n) is 4.54. The highest BCUT2D eigenvalue weighted by atomic mass is 35.5. The number of aromatic nitrogens is 3. The first-order chi connectivity index (χ1) is 12.5. The van der Waals surface area contributed by atoms with Crippen molar-refractivity contribution in [3.8, 4) is 0 Å². The van der Waals surface area contributed by atoms with E-state index in [4.69, 9.17) is 11.6 Å². The SMILES string of the molecule is Cc1cc(Cc2ccc(=O)n(CCF)n2)n(C)c1Cc1ccc(Cl)cc1. The van der Waals surface area contributed by atoms with E-state index >= 15 is 0 Å². The zero-order valence-electron chi connectivity index (χ0n) is 14.9. The topological polar surface area (TPSA) is 39.8 Å². The summed E-state index contributed by atoms with van der Waals surface area (Å²) in [5.74, 6) is 0. The summed E-state index contributed by atoms with van der Waals surface area (Å²) in [6, 6.07) is 13.1. The first-order valence-electron chi connectivity index (χ1n) is 8.49. The second kappa shape index (κ2) is 7.87. The Bertz CT molecular complexity index is 960. The van der Waals surface area contributed by atoms with Gasteiger partial charge < -0.3 is 4.57 Å². The van der Waals surface area contributed by atoms with Crippen LogP contribution in [-0.4, -0.2) is 21.0 Å². The molecule has 0 N–H and O–H groups in total. The fourth-order valence-electron chi connectivity index (χ4n) is 3.10. The molecule has 0 spiro atoms. The molecule has 0 fully saturated rings. The minimum Gasteiger partial charge on any atom is -0.351 e. The minimum atomic E-state index is -0.606. The van der Waals surface area contributed by atoms with Gasteiger partial charge in [-0.15, -0.1) is 0 Å². The van der Waals surface area contributed by atoms with Crippen LogP contribution >= 0.6 is 11.6 Å². The minimum absolute atomic E-state index is 0.0132. The molecule has 2 aromatic heterocycles. The monoisotopic (exact) mass is 373 g/mol. The van der Waals surface area contributed by atoms with Gasteiger partial charge in [0.1, 0.15) is 6.67 Å². The van der Waals surface area contributed by atoms with Gasteiger partial charge in [0.2, 0.25) is 0 Å². The van der Waals surface area contributed by atoms with Crippen molar-refractivity contribution in [2.45, 2.75) is 26.3 Å². The molecule has 0 atom stereocenters. The summed E-state index contributed by atoms with van der Waals surface area (Å²) in [5.41, 5.74) is 5.19. The molecule has 0 saturated carbocycles. The molecule has 0 aliphatic carbocycles. The van der Waals surface area contributed by atoms with Crippen LogP contribution in [0.5, 0.6) is 0 Å². The summed E-state index contributed by atoms with van der Waals surface area (Å²) in [6.07, 6.45) is 1.40. The molecule has 26 heavy (non-hydrogen) atoms. The zero-order chi connectivity index (χ0) is 18.7. The fourth-order valence-corrected chi connectivity index (χ4v) is 3.23. The Morgan fingerprint density at radius 1 is 1.12 bits per heavy atom. The number of alkyl halides is 1. The average molecular weight is 374 g/mol. The largest absolute Gasteiger partial charge is 0.351 e. The van der Waals surface area contributed by atoms with Crippen molar-refractivity contribution in [2.75, 3.05) is 6.67 Å². The van der Waals surface area contributed by atoms with Crippen molar-refractivity contribution in [1.29, 1.82) is 0 Å². The van der Waals surface area contributed by atoms with Gasteiger partial charge in [-0.1, -0.05) is 23.7 Å². The molecule has 1 aromatic carbocycles. The van der Waals surface area contributed by atoms with Crippen LogP contribution in [0.2, 0.25) is 5.02 Å². The molecule has 0 saturated heterocycles. The van der Waals surface area contributed by atoms with Gasteiger partial charge in [0, 0.05) is 42.4 Å². The maximum atomic E-state index is 12.6. The number of benzene rings is 1. The number of aryl methyl sites for hydroxylation is 2. The lowest BCUT2D eigenvalue weighted by Gasteiger charge is -2.10. The summed E-state index contributed by atoms with van der Waals surface area (Å²) in [6.45, 7) is 1.47. The molecular weight excluding hydrogens is 353 g/mol. The highest BCUT2D eigenvalue weighted by Crippen LogP contribution is 2.20. The van der Waals surface area contributed by atoms with E-state index in [0.29, 0.717) is 6.42 Å². The number of halogens is 2. The van der Waals surface area contributed by atoms with E-state index < -0.39 is 6.67 Å². The van der Waals surface area contributed by atoms with Gasteiger partial charge in [-0.05, 0) is 42.3 Å². The summed E-state index contributed by atoms with van der Waals surface area (Å²) in [5, 5.41) is 5.00. The zero-order valence-corrected chi connectivity index (χ0v) is 15.6. The Balaban J connectivity index is 1.85. The molecule has 0 bridgehead atoms. The molecule has 0 aliphatic rings. The Kier molecular flexibility index (Phi) is 5.57. The number of nitrogens with zero attached hydrogens (tertiary/aromatic N) is 3. The molecule has 4 nitrogen and oxygen atoms in total. The fraction of sp³-hybridized carbons (Fsp3) is 0.300. The summed E-state index contributed by atoms with van der Waals surface area (Å²) in [4.78, 5) is 11.7. The first-order valence-corrected chi connectivity index (χ1v) is 8.87. The van der Waals surface area contributed by atoms with E-state index in [-0.39, 0.29) is 12.1 Å². The Labute approximate surface area is 156 Å². The highest BCUT2D eigenvalue weighted by molar-refractivity contribution is 6.30. The molecule has 0 amide bonds. The number of hydrogen-bond donors (Lipinski definition) is 0. The second-order valence-corrected chi connectivity index (χ2v) is 6.82. The van der Waals surface area contributed by atoms with Gasteiger partial charge in [-0.3, -0.25) is 4.79 Å². The third kappa shape index (κ3) is 4.05. The van der Waals surface area contributed by atoms with Crippen molar-refractivity contribution in [1.82, 2.24) is 14.3 Å². The molecule has 3 aromatic rings. The molecule has 6 heteroatoms. The Morgan fingerprint density at radius 3 is 2.54 bits per heavy atom. The first kappa shape index (κ1) is 18.4. The van der Waals surface area contributed by atoms with Crippen molar-refractivity contribution in [3.05, 3.63) is 86.0 Å². The molecule has 0 radical (unpaired) electrons. The number of rotatable bonds is 6. The van der Waals surface area contributed by atoms with Crippen LogP contribution < -0.4 is 5.56 Å². The summed E-state index contributed by atoms with van der Waals surface area (Å²) < 4.78 is 15.9. The summed E-state index contributed by atoms with van der Waals surface area (Å²) in [7, 11) is 2.03. The second-order valence-electron chi connectivity index (χ2n) is 6.38. The smallest absolute Gasteiger partial charge is 0.266 e. The van der Waals surface area contributed by atoms with Crippen LogP contribution in [0, 0.1) is 6.92 Å². The van der Waals surface area contributed by atoms with Crippen LogP contribution in [0.4, 0.5) is 4.39 Å². The lowest BCUT2D eigenvalue weighted by Crippen LogP contribution is -2.24. The Morgan fingerprint density at radius 2 is 1.85 bits per heavy atom. The highest BCUT2D eigenvalue weighted by Gasteiger charge is 2.12. The number of hydrogen-bond acceptors (Lipinski definition) is 2. The standard InChI is InChI=1S/C20H21ClFN3O/c1-14-11-18(13-17-7-8-20(26)25(23-17)10-9-22)24(2)19(14)12-15-3-5-16(21)6-4-15/h3-8,11H,9-10,12-13H2,1-2H3. The van der Waals surface area contributed by atoms with E-state index in [1.165, 1.54) is 27.6 Å². The van der Waals surface area contributed by atoms with Crippen molar-refractivity contribution in [2.24, 2.45) is 7.05 Å². The van der Waals surface area contributed by atoms with Crippen LogP contribution in [0.25, 0.3) is 0 Å². The van der Waals surface area contributed by atoms with Crippen LogP contribution in [0.1, 0.15) is 28.2 Å². The van der Waals surface area contributed by atoms with Gasteiger partial charge in [0.25, 0.3) is 5.56 Å². The third-order valence-corrected chi connectivity index (χ3v) is 4.79. The van der Waals surface area contributed by atoms with Gasteiger partial charge in [-0.25, -0.2) is 9.07 Å². The van der Waals surface area contributed by atoms with E-state index in [2.05, 4.69) is 22.7 Å². The van der Waals surface area contributed by atoms with Gasteiger partial charge >= 0.3 is 0 Å². The van der Waals surface area contributed by atoms with Crippen molar-refractivity contribution < 1.29 is 4.39 Å². The lowest BCUT2D eigenvalue weighted by atomic mass is 10.1. The van der Waals surface area contributed by atoms with Crippen molar-refractivity contribution in [3.63, 3.8) is 0 Å². The van der Waals surface area contributed by atoms with Gasteiger partial charge in [-0.2, -0.15) is 5.10 Å². The maximum Gasteiger partial charge on any atom is 0.266 e. The quantitative estimate of drug-likeness (QED) is 0.661. The molecule has 3 rings (SSSR count). The molecular formula is C20H21ClFN3O. The van der Waals surface area contributed by atoms with Crippen LogP contribution in [0.15, 0.2) is 47.3 Å². The molecule has 136 valence electrons. The van der Waals surface area contributed by atoms with E-state index in [1.807, 2.05) is 31.3 Å². The predicted octanol–water partition coefficient (Wildman–Crippen LogP) is 3.69. The van der Waals surface area contributed by atoms with Gasteiger partial charge in [0.05, 0.1) is 12.2 Å². The van der Waals surface area contributed by atoms with Crippen LogP contribution in [-0.2, 0) is 26.4 Å². The maximum absolute atomic E-state index is 12.6. The van der Waals surface area contributed by atoms with Gasteiger partial charge in [0.15, 0.2) is 0 Å². The lowest BCUT2D eigenvalue weighted by molar-refractivity contribution is 0.415. The normalized spacial score (nSPS) is 11.1. The van der Waals surface area contributed by atoms with E-state index in [0.717, 1.165) is 22.8 Å². The Hall–Kier alpha value is -2.40. The van der Waals surface area contributed by atoms with Crippen molar-refractivity contribution >= 4 is 11.6 Å². The average Bonchev–Trinajstić information content (AvgIpc) is 2.87. The molecule has 0 aliphatic heterocycles. The molecule has 2 heterocycles. The van der Waals surface area contributed by atoms with E-state index in [9.17, 15) is 9.18 Å². The summed E-state index contributed by atoms with van der Waals surface area (Å²) >= 11 is 5.96. The molecule has 0 unspecified atom stereocenters.